The Labute approximate surface area is 442 Å². The fraction of sp³-hybridized carbons (Fsp3) is 0.242. The molecule has 1 aliphatic rings. The van der Waals surface area contributed by atoms with Crippen molar-refractivity contribution in [2.24, 2.45) is 0 Å². The molecular weight excluding hydrogens is 1060 g/mol. The van der Waals surface area contributed by atoms with Gasteiger partial charge in [-0.3, -0.25) is 0 Å². The summed E-state index contributed by atoms with van der Waals surface area (Å²) in [5.74, 6) is 2.04. The summed E-state index contributed by atoms with van der Waals surface area (Å²) in [4.78, 5) is 9.80. The second kappa shape index (κ2) is 19.1. The average molecular weight is 1130 g/mol. The molecular formula is C66H65N4OPt-3. The quantitative estimate of drug-likeness (QED) is 0.142. The van der Waals surface area contributed by atoms with Gasteiger partial charge in [-0.15, -0.1) is 53.6 Å². The molecule has 0 unspecified atom stereocenters. The summed E-state index contributed by atoms with van der Waals surface area (Å²) in [7, 11) is 0. The molecule has 3 heterocycles. The fourth-order valence-corrected chi connectivity index (χ4v) is 9.75. The summed E-state index contributed by atoms with van der Waals surface area (Å²) in [5, 5.41) is 2.19. The second-order valence-corrected chi connectivity index (χ2v) is 23.2. The van der Waals surface area contributed by atoms with E-state index in [0.717, 1.165) is 66.9 Å². The van der Waals surface area contributed by atoms with Crippen LogP contribution in [0.4, 0.5) is 11.4 Å². The molecule has 5 nitrogen and oxygen atoms in total. The van der Waals surface area contributed by atoms with E-state index in [2.05, 4.69) is 280 Å². The molecule has 10 rings (SSSR count). The van der Waals surface area contributed by atoms with Crippen LogP contribution in [0.3, 0.4) is 0 Å². The zero-order valence-corrected chi connectivity index (χ0v) is 46.0. The Hall–Kier alpha value is -6.68. The maximum Gasteiger partial charge on any atom is 0.135 e. The standard InChI is InChI=1S/C66H65N4O.Pt/c1-63(2,3)48-27-21-26-47(34-48)55-41-67-62(40-57(55)66(10,11)12)70-58-33-30-46(44-22-15-13-16-23-44)35-54(58)53-32-31-51(39-60(53)70)71-52-37-49(64(4,5)6)36-50(38-52)68-42-61(45-24-17-14-18-25-45)69(43-68)59-29-20-19-28-56(59)65(7,8)9;/h13-37,40-43H,1-12H3;/q-3;. The van der Waals surface area contributed by atoms with Gasteiger partial charge in [0.25, 0.3) is 0 Å². The van der Waals surface area contributed by atoms with Gasteiger partial charge in [0, 0.05) is 61.2 Å². The van der Waals surface area contributed by atoms with E-state index in [1.165, 1.54) is 27.8 Å². The van der Waals surface area contributed by atoms with Crippen molar-refractivity contribution in [2.45, 2.75) is 105 Å². The van der Waals surface area contributed by atoms with Gasteiger partial charge in [-0.2, -0.15) is 6.07 Å². The van der Waals surface area contributed by atoms with E-state index in [1.54, 1.807) is 0 Å². The molecule has 0 amide bonds. The molecule has 7 aromatic carbocycles. The van der Waals surface area contributed by atoms with Gasteiger partial charge in [-0.05, 0) is 90.4 Å². The van der Waals surface area contributed by atoms with E-state index in [1.807, 2.05) is 6.07 Å². The minimum Gasteiger partial charge on any atom is -0.509 e. The van der Waals surface area contributed by atoms with Crippen molar-refractivity contribution in [2.75, 3.05) is 9.80 Å². The summed E-state index contributed by atoms with van der Waals surface area (Å²) < 4.78 is 9.22. The molecule has 1 aliphatic heterocycles. The van der Waals surface area contributed by atoms with Crippen molar-refractivity contribution in [3.63, 3.8) is 0 Å². The van der Waals surface area contributed by atoms with E-state index in [4.69, 9.17) is 9.72 Å². The van der Waals surface area contributed by atoms with Crippen LogP contribution in [0.15, 0.2) is 170 Å². The van der Waals surface area contributed by atoms with Gasteiger partial charge < -0.3 is 19.1 Å². The van der Waals surface area contributed by atoms with E-state index >= 15 is 0 Å². The Morgan fingerprint density at radius 3 is 1.83 bits per heavy atom. The molecule has 0 bridgehead atoms. The van der Waals surface area contributed by atoms with Crippen LogP contribution >= 0.6 is 0 Å². The number of fused-ring (bicyclic) bond motifs is 3. The Morgan fingerprint density at radius 2 is 1.15 bits per heavy atom. The predicted octanol–water partition coefficient (Wildman–Crippen LogP) is 17.5. The SMILES string of the molecule is CC(C)(C)c1cc(Oc2[c-]c3c(cc2)c2cc(-c4ccccc4)ccc2n3-c2cc(C(C)(C)C)c(-c3cccc(C(C)(C)C)c3)cn2)[c-]c(N2C=C(c3ccccc3)N(c3ccccc3C(C)(C)C)[CH-]2)c1.[Pt]. The Morgan fingerprint density at radius 1 is 0.500 bits per heavy atom. The number of hydrogen-bond acceptors (Lipinski definition) is 4. The van der Waals surface area contributed by atoms with Gasteiger partial charge in [0.05, 0.1) is 0 Å². The zero-order chi connectivity index (χ0) is 50.0. The van der Waals surface area contributed by atoms with Gasteiger partial charge in [-0.1, -0.05) is 204 Å². The third-order valence-corrected chi connectivity index (χ3v) is 13.7. The first-order valence-corrected chi connectivity index (χ1v) is 24.9. The first kappa shape index (κ1) is 50.3. The Kier molecular flexibility index (Phi) is 13.3. The summed E-state index contributed by atoms with van der Waals surface area (Å²) in [6.07, 6.45) is 4.28. The van der Waals surface area contributed by atoms with Crippen LogP contribution in [0.5, 0.6) is 11.5 Å². The molecule has 368 valence electrons. The maximum absolute atomic E-state index is 6.96. The van der Waals surface area contributed by atoms with Crippen LogP contribution in [0, 0.1) is 18.8 Å². The van der Waals surface area contributed by atoms with Gasteiger partial charge >= 0.3 is 0 Å². The Bertz CT molecular complexity index is 3470. The van der Waals surface area contributed by atoms with Crippen LogP contribution in [-0.2, 0) is 42.7 Å². The fourth-order valence-electron chi connectivity index (χ4n) is 9.75. The van der Waals surface area contributed by atoms with E-state index in [9.17, 15) is 0 Å². The second-order valence-electron chi connectivity index (χ2n) is 23.2. The molecule has 2 aromatic heterocycles. The number of rotatable bonds is 8. The van der Waals surface area contributed by atoms with Crippen molar-refractivity contribution in [3.8, 4) is 39.6 Å². The number of nitrogens with zero attached hydrogens (tertiary/aromatic N) is 4. The molecule has 0 saturated carbocycles. The molecule has 0 atom stereocenters. The molecule has 0 saturated heterocycles. The van der Waals surface area contributed by atoms with Gasteiger partial charge in [0.15, 0.2) is 0 Å². The van der Waals surface area contributed by atoms with Crippen molar-refractivity contribution in [1.82, 2.24) is 9.55 Å². The number of ether oxygens (including phenoxy) is 1. The van der Waals surface area contributed by atoms with Crippen molar-refractivity contribution in [3.05, 3.63) is 217 Å². The monoisotopic (exact) mass is 1120 g/mol. The number of hydrogen-bond donors (Lipinski definition) is 0. The van der Waals surface area contributed by atoms with Gasteiger partial charge in [-0.25, -0.2) is 4.98 Å². The molecule has 0 radical (unpaired) electrons. The van der Waals surface area contributed by atoms with Gasteiger partial charge in [0.1, 0.15) is 5.82 Å². The third-order valence-electron chi connectivity index (χ3n) is 13.7. The van der Waals surface area contributed by atoms with E-state index < -0.39 is 0 Å². The third kappa shape index (κ3) is 9.94. The predicted molar refractivity (Wildman–Crippen MR) is 299 cm³/mol. The number of para-hydroxylation sites is 1. The van der Waals surface area contributed by atoms with Crippen molar-refractivity contribution >= 4 is 38.9 Å². The van der Waals surface area contributed by atoms with Crippen LogP contribution in [-0.4, -0.2) is 9.55 Å². The summed E-state index contributed by atoms with van der Waals surface area (Å²) in [6.45, 7) is 29.4. The molecule has 6 heteroatoms. The summed E-state index contributed by atoms with van der Waals surface area (Å²) >= 11 is 0. The smallest absolute Gasteiger partial charge is 0.135 e. The average Bonchev–Trinajstić information content (AvgIpc) is 3.93. The largest absolute Gasteiger partial charge is 0.509 e. The first-order valence-electron chi connectivity index (χ1n) is 24.9. The Balaban J connectivity index is 0.00000640. The summed E-state index contributed by atoms with van der Waals surface area (Å²) in [5.41, 5.74) is 15.3. The molecule has 9 aromatic rings. The van der Waals surface area contributed by atoms with Crippen LogP contribution in [0.1, 0.15) is 111 Å². The first-order chi connectivity index (χ1) is 33.7. The van der Waals surface area contributed by atoms with Crippen LogP contribution in [0.2, 0.25) is 0 Å². The molecule has 0 N–H and O–H groups in total. The molecule has 0 spiro atoms. The topological polar surface area (TPSA) is 33.5 Å². The number of aromatic nitrogens is 2. The van der Waals surface area contributed by atoms with Crippen molar-refractivity contribution in [1.29, 1.82) is 0 Å². The molecule has 0 aliphatic carbocycles. The molecule has 72 heavy (non-hydrogen) atoms. The number of pyridine rings is 1. The van der Waals surface area contributed by atoms with E-state index in [0.29, 0.717) is 11.5 Å². The van der Waals surface area contributed by atoms with E-state index in [-0.39, 0.29) is 42.7 Å². The maximum atomic E-state index is 6.96. The van der Waals surface area contributed by atoms with Crippen LogP contribution < -0.4 is 14.5 Å². The van der Waals surface area contributed by atoms with Crippen LogP contribution in [0.25, 0.3) is 55.6 Å². The van der Waals surface area contributed by atoms with Crippen molar-refractivity contribution < 1.29 is 25.8 Å². The minimum absolute atomic E-state index is 0. The van der Waals surface area contributed by atoms with Gasteiger partial charge in [0.2, 0.25) is 0 Å². The number of anilines is 2. The minimum atomic E-state index is -0.181. The molecule has 0 fully saturated rings. The number of benzene rings is 7. The summed E-state index contributed by atoms with van der Waals surface area (Å²) in [6, 6.07) is 63.9. The normalized spacial score (nSPS) is 13.4. The zero-order valence-electron chi connectivity index (χ0n) is 43.8.